The van der Waals surface area contributed by atoms with Gasteiger partial charge in [-0.1, -0.05) is 44.9 Å². The number of aliphatic hydroxyl groups excluding tert-OH is 5. The number of rotatable bonds is 17. The molecule has 5 N–H and O–H groups in total. The van der Waals surface area contributed by atoms with Gasteiger partial charge in [0, 0.05) is 12.8 Å². The second kappa shape index (κ2) is 17.2. The Morgan fingerprint density at radius 1 is 0.692 bits per heavy atom. The molecule has 216 valence electrons. The zero-order valence-corrected chi connectivity index (χ0v) is 22.5. The van der Waals surface area contributed by atoms with E-state index >= 15 is 0 Å². The zero-order chi connectivity index (χ0) is 27.9. The Balaban J connectivity index is 1.35. The number of ether oxygens (including phenoxy) is 3. The van der Waals surface area contributed by atoms with Gasteiger partial charge in [0.05, 0.1) is 18.9 Å². The molecule has 5 atom stereocenters. The van der Waals surface area contributed by atoms with Crippen LogP contribution in [0.3, 0.4) is 0 Å². The van der Waals surface area contributed by atoms with Gasteiger partial charge in [0.1, 0.15) is 35.9 Å². The largest absolute Gasteiger partial charge is 0.494 e. The van der Waals surface area contributed by atoms with Crippen LogP contribution in [0.4, 0.5) is 5.69 Å². The van der Waals surface area contributed by atoms with E-state index in [2.05, 4.69) is 4.99 Å². The van der Waals surface area contributed by atoms with Crippen molar-refractivity contribution in [1.82, 2.24) is 0 Å². The van der Waals surface area contributed by atoms with Gasteiger partial charge in [-0.25, -0.2) is 0 Å². The van der Waals surface area contributed by atoms with E-state index in [0.29, 0.717) is 24.7 Å². The molecule has 0 saturated carbocycles. The standard InChI is InChI=1S/C30H43NO8/c32-18-8-6-4-2-1-3-5-7-9-19-37-24-14-10-22(11-15-24)20-31-23-12-16-25(17-13-23)38-30-29(36)28(35)27(34)26(21-33)39-30/h10-17,20,26-30,32-36H,1-9,18-19,21H2/t26-,27-,28+,29-,30+/m1/s1. The van der Waals surface area contributed by atoms with Gasteiger partial charge in [-0.15, -0.1) is 0 Å². The average molecular weight is 546 g/mol. The molecule has 1 aliphatic heterocycles. The minimum atomic E-state index is -1.49. The summed E-state index contributed by atoms with van der Waals surface area (Å²) in [7, 11) is 0. The van der Waals surface area contributed by atoms with Crippen molar-refractivity contribution in [2.45, 2.75) is 88.5 Å². The van der Waals surface area contributed by atoms with Crippen LogP contribution in [-0.4, -0.2) is 82.3 Å². The van der Waals surface area contributed by atoms with E-state index < -0.39 is 37.3 Å². The number of nitrogens with zero attached hydrogens (tertiary/aromatic N) is 1. The Kier molecular flexibility index (Phi) is 13.7. The van der Waals surface area contributed by atoms with E-state index in [9.17, 15) is 20.4 Å². The van der Waals surface area contributed by atoms with Gasteiger partial charge >= 0.3 is 0 Å². The minimum Gasteiger partial charge on any atom is -0.494 e. The first kappa shape index (κ1) is 31.0. The summed E-state index contributed by atoms with van der Waals surface area (Å²) in [5, 5.41) is 48.0. The molecular formula is C30H43NO8. The van der Waals surface area contributed by atoms with Crippen molar-refractivity contribution < 1.29 is 39.7 Å². The number of aliphatic imine (C=N–C) groups is 1. The van der Waals surface area contributed by atoms with E-state index in [4.69, 9.17) is 19.3 Å². The lowest BCUT2D eigenvalue weighted by Gasteiger charge is -2.39. The molecule has 0 aliphatic carbocycles. The van der Waals surface area contributed by atoms with E-state index in [1.807, 2.05) is 24.3 Å². The van der Waals surface area contributed by atoms with Crippen molar-refractivity contribution in [3.63, 3.8) is 0 Å². The Hall–Kier alpha value is -2.53. The summed E-state index contributed by atoms with van der Waals surface area (Å²) in [6.07, 6.45) is 5.65. The van der Waals surface area contributed by atoms with E-state index in [-0.39, 0.29) is 0 Å². The Labute approximate surface area is 230 Å². The van der Waals surface area contributed by atoms with Gasteiger partial charge in [-0.2, -0.15) is 0 Å². The highest BCUT2D eigenvalue weighted by atomic mass is 16.7. The molecule has 39 heavy (non-hydrogen) atoms. The third-order valence-electron chi connectivity index (χ3n) is 6.75. The first-order valence-corrected chi connectivity index (χ1v) is 14.0. The van der Waals surface area contributed by atoms with Crippen molar-refractivity contribution in [2.75, 3.05) is 19.8 Å². The fraction of sp³-hybridized carbons (Fsp3) is 0.567. The molecule has 0 amide bonds. The fourth-order valence-corrected chi connectivity index (χ4v) is 4.35. The predicted octanol–water partition coefficient (Wildman–Crippen LogP) is 3.50. The maximum atomic E-state index is 10.1. The summed E-state index contributed by atoms with van der Waals surface area (Å²) in [6, 6.07) is 14.6. The zero-order valence-electron chi connectivity index (χ0n) is 22.5. The van der Waals surface area contributed by atoms with Crippen LogP contribution in [0.15, 0.2) is 53.5 Å². The average Bonchev–Trinajstić information content (AvgIpc) is 2.96. The molecule has 0 unspecified atom stereocenters. The van der Waals surface area contributed by atoms with E-state index in [1.54, 1.807) is 30.5 Å². The highest BCUT2D eigenvalue weighted by Gasteiger charge is 2.44. The predicted molar refractivity (Wildman–Crippen MR) is 149 cm³/mol. The van der Waals surface area contributed by atoms with Crippen molar-refractivity contribution in [3.05, 3.63) is 54.1 Å². The summed E-state index contributed by atoms with van der Waals surface area (Å²) in [6.45, 7) is 0.504. The molecule has 0 spiro atoms. The van der Waals surface area contributed by atoms with Crippen LogP contribution in [0.1, 0.15) is 63.4 Å². The van der Waals surface area contributed by atoms with Crippen LogP contribution in [0.5, 0.6) is 11.5 Å². The number of unbranched alkanes of at least 4 members (excludes halogenated alkanes) is 8. The molecule has 1 saturated heterocycles. The Morgan fingerprint density at radius 2 is 1.28 bits per heavy atom. The lowest BCUT2D eigenvalue weighted by molar-refractivity contribution is -0.277. The van der Waals surface area contributed by atoms with Gasteiger partial charge in [0.25, 0.3) is 0 Å². The number of benzene rings is 2. The maximum absolute atomic E-state index is 10.1. The second-order valence-electron chi connectivity index (χ2n) is 9.89. The molecule has 9 nitrogen and oxygen atoms in total. The Morgan fingerprint density at radius 3 is 1.90 bits per heavy atom. The van der Waals surface area contributed by atoms with Crippen LogP contribution in [-0.2, 0) is 4.74 Å². The van der Waals surface area contributed by atoms with Crippen molar-refractivity contribution >= 4 is 11.9 Å². The molecule has 0 bridgehead atoms. The SMILES string of the molecule is OCCCCCCCCCCCOc1ccc(C=Nc2ccc(O[C@H]3O[C@H](CO)[C@@H](O)[C@H](O)[C@H]3O)cc2)cc1. The number of hydrogen-bond acceptors (Lipinski definition) is 9. The van der Waals surface area contributed by atoms with Crippen molar-refractivity contribution in [1.29, 1.82) is 0 Å². The molecule has 0 radical (unpaired) electrons. The van der Waals surface area contributed by atoms with Crippen LogP contribution in [0, 0.1) is 0 Å². The van der Waals surface area contributed by atoms with Gasteiger partial charge in [-0.3, -0.25) is 4.99 Å². The normalized spacial score (nSPS) is 23.3. The summed E-state index contributed by atoms with van der Waals surface area (Å²) < 4.78 is 16.8. The van der Waals surface area contributed by atoms with Gasteiger partial charge in [0.15, 0.2) is 0 Å². The summed E-state index contributed by atoms with van der Waals surface area (Å²) >= 11 is 0. The molecule has 1 aliphatic rings. The molecule has 0 aromatic heterocycles. The highest BCUT2D eigenvalue weighted by Crippen LogP contribution is 2.26. The highest BCUT2D eigenvalue weighted by molar-refractivity contribution is 5.82. The third kappa shape index (κ3) is 10.5. The summed E-state index contributed by atoms with van der Waals surface area (Å²) in [5.41, 5.74) is 1.63. The maximum Gasteiger partial charge on any atom is 0.229 e. The van der Waals surface area contributed by atoms with E-state index in [0.717, 1.165) is 30.6 Å². The smallest absolute Gasteiger partial charge is 0.229 e. The summed E-state index contributed by atoms with van der Waals surface area (Å²) in [4.78, 5) is 4.47. The van der Waals surface area contributed by atoms with Gasteiger partial charge in [0.2, 0.25) is 6.29 Å². The molecule has 3 rings (SSSR count). The lowest BCUT2D eigenvalue weighted by atomic mass is 9.99. The first-order chi connectivity index (χ1) is 19.0. The van der Waals surface area contributed by atoms with Crippen LogP contribution >= 0.6 is 0 Å². The second-order valence-corrected chi connectivity index (χ2v) is 9.89. The fourth-order valence-electron chi connectivity index (χ4n) is 4.35. The monoisotopic (exact) mass is 545 g/mol. The first-order valence-electron chi connectivity index (χ1n) is 14.0. The topological polar surface area (TPSA) is 141 Å². The number of hydrogen-bond donors (Lipinski definition) is 5. The molecule has 1 fully saturated rings. The third-order valence-corrected chi connectivity index (χ3v) is 6.75. The molecule has 1 heterocycles. The molecule has 9 heteroatoms. The van der Waals surface area contributed by atoms with E-state index in [1.165, 1.54) is 38.5 Å². The van der Waals surface area contributed by atoms with Crippen LogP contribution in [0.2, 0.25) is 0 Å². The van der Waals surface area contributed by atoms with Gasteiger partial charge < -0.3 is 39.7 Å². The minimum absolute atomic E-state index is 0.308. The lowest BCUT2D eigenvalue weighted by Crippen LogP contribution is -2.60. The summed E-state index contributed by atoms with van der Waals surface area (Å²) in [5.74, 6) is 1.22. The van der Waals surface area contributed by atoms with Crippen molar-refractivity contribution in [2.24, 2.45) is 4.99 Å². The van der Waals surface area contributed by atoms with Crippen molar-refractivity contribution in [3.8, 4) is 11.5 Å². The van der Waals surface area contributed by atoms with Crippen LogP contribution < -0.4 is 9.47 Å². The molecular weight excluding hydrogens is 502 g/mol. The van der Waals surface area contributed by atoms with Gasteiger partial charge in [-0.05, 0) is 66.9 Å². The Bertz CT molecular complexity index is 950. The molecule has 2 aromatic carbocycles. The quantitative estimate of drug-likeness (QED) is 0.150. The van der Waals surface area contributed by atoms with Crippen LogP contribution in [0.25, 0.3) is 0 Å². The molecule has 2 aromatic rings. The number of aliphatic hydroxyl groups is 5.